The van der Waals surface area contributed by atoms with E-state index in [2.05, 4.69) is 11.8 Å². The molecule has 0 aromatic heterocycles. The lowest BCUT2D eigenvalue weighted by atomic mass is 9.85. The van der Waals surface area contributed by atoms with Crippen molar-refractivity contribution >= 4 is 0 Å². The lowest BCUT2D eigenvalue weighted by molar-refractivity contribution is -0.154. The van der Waals surface area contributed by atoms with E-state index in [1.165, 1.54) is 32.4 Å². The molecule has 0 unspecified atom stereocenters. The molecule has 0 atom stereocenters. The molecular formula is C15H35NO. The first-order chi connectivity index (χ1) is 8.37. The smallest absolute Gasteiger partial charge is 0.0678 e. The molecule has 1 spiro atoms. The zero-order valence-corrected chi connectivity index (χ0v) is 13.3. The molecule has 0 N–H and O–H groups in total. The molecule has 17 heavy (non-hydrogen) atoms. The molecule has 2 rings (SSSR count). The van der Waals surface area contributed by atoms with Crippen molar-refractivity contribution in [2.45, 2.75) is 73.3 Å². The maximum atomic E-state index is 5.31. The van der Waals surface area contributed by atoms with Crippen molar-refractivity contribution in [3.63, 3.8) is 0 Å². The summed E-state index contributed by atoms with van der Waals surface area (Å²) in [5.41, 5.74) is 0.479. The molecule has 2 aliphatic heterocycles. The van der Waals surface area contributed by atoms with Crippen molar-refractivity contribution in [1.82, 2.24) is 4.90 Å². The molecule has 2 heteroatoms. The van der Waals surface area contributed by atoms with E-state index in [1.807, 2.05) is 41.5 Å². The summed E-state index contributed by atoms with van der Waals surface area (Å²) in [7, 11) is 0. The van der Waals surface area contributed by atoms with Crippen molar-refractivity contribution < 1.29 is 4.74 Å². The summed E-state index contributed by atoms with van der Waals surface area (Å²) in [5, 5.41) is 0. The molecule has 0 aromatic rings. The molecule has 106 valence electrons. The highest BCUT2D eigenvalue weighted by Crippen LogP contribution is 2.33. The lowest BCUT2D eigenvalue weighted by Gasteiger charge is -2.52. The Kier molecular flexibility index (Phi) is 14.0. The predicted octanol–water partition coefficient (Wildman–Crippen LogP) is 4.34. The third kappa shape index (κ3) is 5.39. The van der Waals surface area contributed by atoms with Crippen LogP contribution in [0.25, 0.3) is 0 Å². The van der Waals surface area contributed by atoms with Crippen LogP contribution in [0.2, 0.25) is 0 Å². The number of likely N-dealkylation sites (N-methyl/N-ethyl adjacent to an activating group) is 1. The Morgan fingerprint density at radius 3 is 1.76 bits per heavy atom. The molecular weight excluding hydrogens is 210 g/mol. The van der Waals surface area contributed by atoms with Crippen LogP contribution in [0.3, 0.4) is 0 Å². The molecule has 0 amide bonds. The van der Waals surface area contributed by atoms with Crippen molar-refractivity contribution in [2.24, 2.45) is 0 Å². The predicted molar refractivity (Wildman–Crippen MR) is 78.7 cm³/mol. The third-order valence-electron chi connectivity index (χ3n) is 3.11. The zero-order chi connectivity index (χ0) is 13.7. The van der Waals surface area contributed by atoms with Gasteiger partial charge in [-0.15, -0.1) is 0 Å². The topological polar surface area (TPSA) is 12.5 Å². The average Bonchev–Trinajstić information content (AvgIpc) is 2.43. The molecule has 0 aromatic carbocycles. The minimum absolute atomic E-state index is 0.479. The van der Waals surface area contributed by atoms with Crippen molar-refractivity contribution in [3.05, 3.63) is 0 Å². The standard InChI is InChI=1S/C9H17NO.3C2H6/c1-2-10-6-4-3-5-9(10)7-11-8-9;3*1-2/h2-8H2,1H3;3*1-2H3. The van der Waals surface area contributed by atoms with Gasteiger partial charge in [-0.1, -0.05) is 54.9 Å². The van der Waals surface area contributed by atoms with Crippen molar-refractivity contribution in [2.75, 3.05) is 26.3 Å². The molecule has 2 fully saturated rings. The molecule has 0 aliphatic carbocycles. The van der Waals surface area contributed by atoms with E-state index in [-0.39, 0.29) is 0 Å². The SMILES string of the molecule is CC.CC.CC.CCN1CCCCC12COC2. The second kappa shape index (κ2) is 12.4. The van der Waals surface area contributed by atoms with Crippen LogP contribution in [-0.2, 0) is 4.74 Å². The Bertz CT molecular complexity index is 144. The zero-order valence-electron chi connectivity index (χ0n) is 13.3. The van der Waals surface area contributed by atoms with Crippen LogP contribution in [0.1, 0.15) is 67.7 Å². The fourth-order valence-electron chi connectivity index (χ4n) is 2.31. The molecule has 2 aliphatic rings. The number of likely N-dealkylation sites (tertiary alicyclic amines) is 1. The van der Waals surface area contributed by atoms with E-state index in [0.29, 0.717) is 5.54 Å². The third-order valence-corrected chi connectivity index (χ3v) is 3.11. The Hall–Kier alpha value is -0.0800. The normalized spacial score (nSPS) is 20.6. The van der Waals surface area contributed by atoms with Gasteiger partial charge < -0.3 is 4.74 Å². The molecule has 2 saturated heterocycles. The van der Waals surface area contributed by atoms with E-state index >= 15 is 0 Å². The van der Waals surface area contributed by atoms with Gasteiger partial charge in [-0.3, -0.25) is 4.90 Å². The summed E-state index contributed by atoms with van der Waals surface area (Å²) in [6.45, 7) is 18.7. The summed E-state index contributed by atoms with van der Waals surface area (Å²) in [6, 6.07) is 0. The molecule has 0 bridgehead atoms. The van der Waals surface area contributed by atoms with E-state index in [9.17, 15) is 0 Å². The monoisotopic (exact) mass is 245 g/mol. The largest absolute Gasteiger partial charge is 0.377 e. The maximum Gasteiger partial charge on any atom is 0.0678 e. The summed E-state index contributed by atoms with van der Waals surface area (Å²) in [4.78, 5) is 2.60. The number of ether oxygens (including phenoxy) is 1. The highest BCUT2D eigenvalue weighted by molar-refractivity contribution is 4.98. The summed E-state index contributed by atoms with van der Waals surface area (Å²) in [5.74, 6) is 0. The number of nitrogens with zero attached hydrogens (tertiary/aromatic N) is 1. The van der Waals surface area contributed by atoms with Crippen molar-refractivity contribution in [1.29, 1.82) is 0 Å². The highest BCUT2D eigenvalue weighted by atomic mass is 16.5. The summed E-state index contributed by atoms with van der Waals surface area (Å²) >= 11 is 0. The fraction of sp³-hybridized carbons (Fsp3) is 1.00. The van der Waals surface area contributed by atoms with Crippen LogP contribution in [0.5, 0.6) is 0 Å². The molecule has 0 radical (unpaired) electrons. The van der Waals surface area contributed by atoms with Gasteiger partial charge in [-0.2, -0.15) is 0 Å². The van der Waals surface area contributed by atoms with E-state index < -0.39 is 0 Å². The number of piperidine rings is 1. The first kappa shape index (κ1) is 19.3. The van der Waals surface area contributed by atoms with Gasteiger partial charge in [0.05, 0.1) is 18.8 Å². The number of hydrogen-bond acceptors (Lipinski definition) is 2. The van der Waals surface area contributed by atoms with Crippen LogP contribution in [-0.4, -0.2) is 36.7 Å². The van der Waals surface area contributed by atoms with Gasteiger partial charge >= 0.3 is 0 Å². The van der Waals surface area contributed by atoms with Gasteiger partial charge in [0, 0.05) is 0 Å². The van der Waals surface area contributed by atoms with Crippen molar-refractivity contribution in [3.8, 4) is 0 Å². The van der Waals surface area contributed by atoms with Gasteiger partial charge in [0.2, 0.25) is 0 Å². The first-order valence-corrected chi connectivity index (χ1v) is 7.70. The Morgan fingerprint density at radius 1 is 0.941 bits per heavy atom. The lowest BCUT2D eigenvalue weighted by Crippen LogP contribution is -2.63. The quantitative estimate of drug-likeness (QED) is 0.681. The number of rotatable bonds is 1. The maximum absolute atomic E-state index is 5.31. The van der Waals surface area contributed by atoms with Gasteiger partial charge in [0.25, 0.3) is 0 Å². The van der Waals surface area contributed by atoms with Crippen LogP contribution in [0, 0.1) is 0 Å². The average molecular weight is 245 g/mol. The van der Waals surface area contributed by atoms with Crippen LogP contribution in [0.4, 0.5) is 0 Å². The highest BCUT2D eigenvalue weighted by Gasteiger charge is 2.44. The van der Waals surface area contributed by atoms with E-state index in [4.69, 9.17) is 4.74 Å². The van der Waals surface area contributed by atoms with E-state index in [1.54, 1.807) is 0 Å². The van der Waals surface area contributed by atoms with Gasteiger partial charge in [-0.05, 0) is 25.9 Å². The molecule has 2 nitrogen and oxygen atoms in total. The second-order valence-electron chi connectivity index (χ2n) is 3.75. The van der Waals surface area contributed by atoms with Crippen LogP contribution in [0.15, 0.2) is 0 Å². The van der Waals surface area contributed by atoms with E-state index in [0.717, 1.165) is 13.2 Å². The number of hydrogen-bond donors (Lipinski definition) is 0. The molecule has 0 saturated carbocycles. The fourth-order valence-corrected chi connectivity index (χ4v) is 2.31. The Labute approximate surface area is 110 Å². The molecule has 2 heterocycles. The van der Waals surface area contributed by atoms with Crippen LogP contribution >= 0.6 is 0 Å². The Balaban J connectivity index is 0. The van der Waals surface area contributed by atoms with Gasteiger partial charge in [-0.25, -0.2) is 0 Å². The first-order valence-electron chi connectivity index (χ1n) is 7.70. The summed E-state index contributed by atoms with van der Waals surface area (Å²) in [6.07, 6.45) is 4.15. The Morgan fingerprint density at radius 2 is 1.47 bits per heavy atom. The van der Waals surface area contributed by atoms with Gasteiger partial charge in [0.15, 0.2) is 0 Å². The van der Waals surface area contributed by atoms with Crippen LogP contribution < -0.4 is 0 Å². The van der Waals surface area contributed by atoms with Gasteiger partial charge in [0.1, 0.15) is 0 Å². The second-order valence-corrected chi connectivity index (χ2v) is 3.75. The minimum atomic E-state index is 0.479. The minimum Gasteiger partial charge on any atom is -0.377 e. The summed E-state index contributed by atoms with van der Waals surface area (Å²) < 4.78 is 5.31.